The van der Waals surface area contributed by atoms with Gasteiger partial charge >= 0.3 is 0 Å². The van der Waals surface area contributed by atoms with Crippen molar-refractivity contribution < 1.29 is 0 Å². The van der Waals surface area contributed by atoms with Crippen molar-refractivity contribution in [2.75, 3.05) is 11.9 Å². The molecule has 1 aromatic rings. The van der Waals surface area contributed by atoms with Crippen LogP contribution in [0.25, 0.3) is 0 Å². The Bertz CT molecular complexity index is 317. The molecule has 0 amide bonds. The van der Waals surface area contributed by atoms with Crippen molar-refractivity contribution >= 4 is 33.2 Å². The Balaban J connectivity index is 2.66. The molecule has 84 valence electrons. The number of halogens is 2. The highest BCUT2D eigenvalue weighted by atomic mass is 79.9. The highest BCUT2D eigenvalue weighted by Crippen LogP contribution is 2.25. The Labute approximate surface area is 104 Å². The van der Waals surface area contributed by atoms with Crippen LogP contribution in [0.15, 0.2) is 22.7 Å². The summed E-state index contributed by atoms with van der Waals surface area (Å²) in [6.07, 6.45) is 2.20. The summed E-state index contributed by atoms with van der Waals surface area (Å²) in [6, 6.07) is 6.16. The van der Waals surface area contributed by atoms with E-state index in [4.69, 9.17) is 17.3 Å². The number of hydrogen-bond donors (Lipinski definition) is 2. The smallest absolute Gasteiger partial charge is 0.0568 e. The Morgan fingerprint density at radius 2 is 2.27 bits per heavy atom. The molecule has 0 radical (unpaired) electrons. The maximum atomic E-state index is 6.00. The van der Waals surface area contributed by atoms with Crippen molar-refractivity contribution in [3.05, 3.63) is 27.7 Å². The fourth-order valence-corrected chi connectivity index (χ4v) is 1.85. The lowest BCUT2D eigenvalue weighted by Crippen LogP contribution is -2.28. The van der Waals surface area contributed by atoms with Gasteiger partial charge in [-0.25, -0.2) is 0 Å². The summed E-state index contributed by atoms with van der Waals surface area (Å²) in [4.78, 5) is 0. The van der Waals surface area contributed by atoms with Crippen LogP contribution in [0.3, 0.4) is 0 Å². The summed E-state index contributed by atoms with van der Waals surface area (Å²) < 4.78 is 0.912. The standard InChI is InChI=1S/C11H16BrClN2/c1-2-3-9(7-14)15-8-4-5-10(12)11(13)6-8/h4-6,9,15H,2-3,7,14H2,1H3. The average Bonchev–Trinajstić information content (AvgIpc) is 2.23. The minimum atomic E-state index is 0.326. The first-order valence-electron chi connectivity index (χ1n) is 5.09. The quantitative estimate of drug-likeness (QED) is 0.869. The van der Waals surface area contributed by atoms with E-state index in [1.807, 2.05) is 18.2 Å². The molecular formula is C11H16BrClN2. The van der Waals surface area contributed by atoms with E-state index in [1.54, 1.807) is 0 Å². The first-order chi connectivity index (χ1) is 7.17. The van der Waals surface area contributed by atoms with Gasteiger partial charge in [-0.3, -0.25) is 0 Å². The second kappa shape index (κ2) is 6.36. The van der Waals surface area contributed by atoms with Crippen LogP contribution in [0.1, 0.15) is 19.8 Å². The molecule has 2 nitrogen and oxygen atoms in total. The SMILES string of the molecule is CCCC(CN)Nc1ccc(Br)c(Cl)c1. The van der Waals surface area contributed by atoms with Crippen LogP contribution in [0.4, 0.5) is 5.69 Å². The molecule has 1 aromatic carbocycles. The molecule has 3 N–H and O–H groups in total. The molecule has 0 bridgehead atoms. The highest BCUT2D eigenvalue weighted by molar-refractivity contribution is 9.10. The minimum absolute atomic E-state index is 0.326. The number of hydrogen-bond acceptors (Lipinski definition) is 2. The van der Waals surface area contributed by atoms with E-state index in [2.05, 4.69) is 28.2 Å². The summed E-state index contributed by atoms with van der Waals surface area (Å²) in [5, 5.41) is 4.08. The van der Waals surface area contributed by atoms with Crippen LogP contribution in [-0.2, 0) is 0 Å². The molecule has 0 fully saturated rings. The van der Waals surface area contributed by atoms with Crippen LogP contribution >= 0.6 is 27.5 Å². The minimum Gasteiger partial charge on any atom is -0.381 e. The van der Waals surface area contributed by atoms with Crippen molar-refractivity contribution in [2.24, 2.45) is 5.73 Å². The molecule has 0 saturated carbocycles. The summed E-state index contributed by atoms with van der Waals surface area (Å²) >= 11 is 9.36. The topological polar surface area (TPSA) is 38.0 Å². The predicted octanol–water partition coefficient (Wildman–Crippen LogP) is 3.64. The van der Waals surface area contributed by atoms with Gasteiger partial charge in [0.1, 0.15) is 0 Å². The number of rotatable bonds is 5. The highest BCUT2D eigenvalue weighted by Gasteiger charge is 2.05. The van der Waals surface area contributed by atoms with E-state index in [0.29, 0.717) is 17.6 Å². The monoisotopic (exact) mass is 290 g/mol. The maximum absolute atomic E-state index is 6.00. The van der Waals surface area contributed by atoms with E-state index in [-0.39, 0.29) is 0 Å². The molecule has 0 aromatic heterocycles. The Morgan fingerprint density at radius 3 is 2.80 bits per heavy atom. The van der Waals surface area contributed by atoms with E-state index in [1.165, 1.54) is 0 Å². The molecule has 0 aliphatic carbocycles. The van der Waals surface area contributed by atoms with Gasteiger partial charge in [0.25, 0.3) is 0 Å². The third-order valence-corrected chi connectivity index (χ3v) is 3.44. The van der Waals surface area contributed by atoms with Crippen LogP contribution in [-0.4, -0.2) is 12.6 Å². The van der Waals surface area contributed by atoms with Crippen LogP contribution in [0.2, 0.25) is 5.02 Å². The lowest BCUT2D eigenvalue weighted by Gasteiger charge is -2.17. The van der Waals surface area contributed by atoms with Crippen molar-refractivity contribution in [3.8, 4) is 0 Å². The van der Waals surface area contributed by atoms with Crippen LogP contribution < -0.4 is 11.1 Å². The zero-order chi connectivity index (χ0) is 11.3. The Morgan fingerprint density at radius 1 is 1.53 bits per heavy atom. The molecule has 1 unspecified atom stereocenters. The zero-order valence-electron chi connectivity index (χ0n) is 8.76. The third kappa shape index (κ3) is 4.01. The summed E-state index contributed by atoms with van der Waals surface area (Å²) in [5.41, 5.74) is 6.69. The van der Waals surface area contributed by atoms with Gasteiger partial charge in [-0.2, -0.15) is 0 Å². The van der Waals surface area contributed by atoms with Gasteiger partial charge in [-0.1, -0.05) is 24.9 Å². The molecule has 1 rings (SSSR count). The van der Waals surface area contributed by atoms with Gasteiger partial charge in [-0.15, -0.1) is 0 Å². The van der Waals surface area contributed by atoms with Gasteiger partial charge in [0, 0.05) is 22.7 Å². The summed E-state index contributed by atoms with van der Waals surface area (Å²) in [6.45, 7) is 2.79. The van der Waals surface area contributed by atoms with Gasteiger partial charge in [0.05, 0.1) is 5.02 Å². The van der Waals surface area contributed by atoms with Gasteiger partial charge < -0.3 is 11.1 Å². The molecule has 0 spiro atoms. The van der Waals surface area contributed by atoms with E-state index < -0.39 is 0 Å². The first-order valence-corrected chi connectivity index (χ1v) is 6.26. The molecule has 0 aliphatic rings. The Kier molecular flexibility index (Phi) is 5.43. The zero-order valence-corrected chi connectivity index (χ0v) is 11.1. The van der Waals surface area contributed by atoms with Gasteiger partial charge in [-0.05, 0) is 40.5 Å². The maximum Gasteiger partial charge on any atom is 0.0568 e. The summed E-state index contributed by atoms with van der Waals surface area (Å²) in [7, 11) is 0. The predicted molar refractivity (Wildman–Crippen MR) is 70.5 cm³/mol. The van der Waals surface area contributed by atoms with Crippen molar-refractivity contribution in [2.45, 2.75) is 25.8 Å². The van der Waals surface area contributed by atoms with Crippen molar-refractivity contribution in [3.63, 3.8) is 0 Å². The molecule has 0 aliphatic heterocycles. The molecule has 0 heterocycles. The lowest BCUT2D eigenvalue weighted by atomic mass is 10.1. The largest absolute Gasteiger partial charge is 0.381 e. The second-order valence-corrected chi connectivity index (χ2v) is 4.76. The number of benzene rings is 1. The molecule has 4 heteroatoms. The second-order valence-electron chi connectivity index (χ2n) is 3.49. The third-order valence-electron chi connectivity index (χ3n) is 2.21. The number of nitrogens with one attached hydrogen (secondary N) is 1. The van der Waals surface area contributed by atoms with E-state index >= 15 is 0 Å². The van der Waals surface area contributed by atoms with Crippen molar-refractivity contribution in [1.82, 2.24) is 0 Å². The number of anilines is 1. The van der Waals surface area contributed by atoms with Gasteiger partial charge in [0.15, 0.2) is 0 Å². The Hall–Kier alpha value is -0.250. The lowest BCUT2D eigenvalue weighted by molar-refractivity contribution is 0.648. The van der Waals surface area contributed by atoms with Crippen molar-refractivity contribution in [1.29, 1.82) is 0 Å². The van der Waals surface area contributed by atoms with Crippen LogP contribution in [0.5, 0.6) is 0 Å². The van der Waals surface area contributed by atoms with Crippen LogP contribution in [0, 0.1) is 0 Å². The number of nitrogens with two attached hydrogens (primary N) is 1. The van der Waals surface area contributed by atoms with E-state index in [9.17, 15) is 0 Å². The summed E-state index contributed by atoms with van der Waals surface area (Å²) in [5.74, 6) is 0. The van der Waals surface area contributed by atoms with Gasteiger partial charge in [0.2, 0.25) is 0 Å². The molecule has 1 atom stereocenters. The first kappa shape index (κ1) is 12.8. The fraction of sp³-hybridized carbons (Fsp3) is 0.455. The average molecular weight is 292 g/mol. The molecular weight excluding hydrogens is 275 g/mol. The molecule has 15 heavy (non-hydrogen) atoms. The molecule has 0 saturated heterocycles. The normalized spacial score (nSPS) is 12.5. The van der Waals surface area contributed by atoms with E-state index in [0.717, 1.165) is 23.0 Å². The fourth-order valence-electron chi connectivity index (χ4n) is 1.42.